The van der Waals surface area contributed by atoms with E-state index in [-0.39, 0.29) is 0 Å². The lowest BCUT2D eigenvalue weighted by atomic mass is 9.90. The Morgan fingerprint density at radius 2 is 2.27 bits per heavy atom. The summed E-state index contributed by atoms with van der Waals surface area (Å²) in [6.45, 7) is 1.66. The summed E-state index contributed by atoms with van der Waals surface area (Å²) in [6, 6.07) is 5.18. The first-order valence-electron chi connectivity index (χ1n) is 4.58. The Morgan fingerprint density at radius 1 is 1.47 bits per heavy atom. The number of nitrogen functional groups attached to an aromatic ring is 1. The first kappa shape index (κ1) is 9.73. The maximum atomic E-state index is 10.3. The first-order chi connectivity index (χ1) is 7.12. The van der Waals surface area contributed by atoms with Crippen LogP contribution in [0.1, 0.15) is 18.1 Å². The van der Waals surface area contributed by atoms with Crippen LogP contribution in [0.15, 0.2) is 41.3 Å². The molecule has 0 saturated carbocycles. The number of aliphatic hydroxyl groups is 1. The Kier molecular flexibility index (Phi) is 2.21. The maximum absolute atomic E-state index is 10.3. The highest BCUT2D eigenvalue weighted by Gasteiger charge is 2.29. The van der Waals surface area contributed by atoms with Gasteiger partial charge in [-0.3, -0.25) is 0 Å². The molecule has 0 spiro atoms. The third-order valence-corrected chi connectivity index (χ3v) is 2.45. The smallest absolute Gasteiger partial charge is 0.129 e. The second-order valence-corrected chi connectivity index (χ2v) is 3.52. The highest BCUT2D eigenvalue weighted by atomic mass is 16.3. The molecular weight excluding hydrogens is 192 g/mol. The van der Waals surface area contributed by atoms with Gasteiger partial charge in [0.1, 0.15) is 11.4 Å². The predicted octanol–water partition coefficient (Wildman–Crippen LogP) is 1.51. The van der Waals surface area contributed by atoms with Gasteiger partial charge in [0.05, 0.1) is 12.5 Å². The number of nitrogens with two attached hydrogens (primary N) is 1. The van der Waals surface area contributed by atoms with E-state index in [1.165, 1.54) is 12.5 Å². The molecule has 3 N–H and O–H groups in total. The third kappa shape index (κ3) is 1.59. The summed E-state index contributed by atoms with van der Waals surface area (Å²) in [7, 11) is 0. The lowest BCUT2D eigenvalue weighted by Gasteiger charge is -2.23. The summed E-state index contributed by atoms with van der Waals surface area (Å²) in [5, 5.41) is 10.3. The molecule has 0 aliphatic rings. The molecule has 0 fully saturated rings. The van der Waals surface area contributed by atoms with E-state index in [4.69, 9.17) is 10.2 Å². The molecule has 2 aromatic rings. The van der Waals surface area contributed by atoms with Crippen LogP contribution in [0.4, 0.5) is 5.82 Å². The summed E-state index contributed by atoms with van der Waals surface area (Å²) in [5.41, 5.74) is 5.77. The van der Waals surface area contributed by atoms with Crippen molar-refractivity contribution in [1.82, 2.24) is 4.98 Å². The van der Waals surface area contributed by atoms with Gasteiger partial charge in [-0.1, -0.05) is 6.07 Å². The molecule has 0 saturated heterocycles. The van der Waals surface area contributed by atoms with Gasteiger partial charge in [-0.25, -0.2) is 4.98 Å². The standard InChI is InChI=1S/C11H12N2O2/c1-11(14,8-4-6-15-7-8)9-3-2-5-13-10(9)12/h2-7,14H,1H3,(H2,12,13). The summed E-state index contributed by atoms with van der Waals surface area (Å²) < 4.78 is 4.94. The molecule has 2 heterocycles. The van der Waals surface area contributed by atoms with Crippen molar-refractivity contribution in [2.75, 3.05) is 5.73 Å². The molecule has 0 amide bonds. The van der Waals surface area contributed by atoms with E-state index >= 15 is 0 Å². The largest absolute Gasteiger partial charge is 0.472 e. The predicted molar refractivity (Wildman–Crippen MR) is 56.0 cm³/mol. The number of rotatable bonds is 2. The second kappa shape index (κ2) is 3.40. The minimum Gasteiger partial charge on any atom is -0.472 e. The van der Waals surface area contributed by atoms with Crippen LogP contribution in [-0.4, -0.2) is 10.1 Å². The molecule has 2 aromatic heterocycles. The second-order valence-electron chi connectivity index (χ2n) is 3.52. The lowest BCUT2D eigenvalue weighted by Crippen LogP contribution is -2.23. The first-order valence-corrected chi connectivity index (χ1v) is 4.58. The van der Waals surface area contributed by atoms with E-state index in [0.29, 0.717) is 16.9 Å². The molecule has 15 heavy (non-hydrogen) atoms. The van der Waals surface area contributed by atoms with Crippen LogP contribution in [0.3, 0.4) is 0 Å². The zero-order valence-electron chi connectivity index (χ0n) is 8.34. The number of anilines is 1. The van der Waals surface area contributed by atoms with Crippen molar-refractivity contribution < 1.29 is 9.52 Å². The SMILES string of the molecule is CC(O)(c1ccoc1)c1cccnc1N. The van der Waals surface area contributed by atoms with Crippen molar-refractivity contribution in [3.05, 3.63) is 48.0 Å². The number of nitrogens with zero attached hydrogens (tertiary/aromatic N) is 1. The van der Waals surface area contributed by atoms with Gasteiger partial charge in [-0.15, -0.1) is 0 Å². The van der Waals surface area contributed by atoms with Crippen molar-refractivity contribution in [3.8, 4) is 0 Å². The Labute approximate surface area is 87.4 Å². The third-order valence-electron chi connectivity index (χ3n) is 2.45. The maximum Gasteiger partial charge on any atom is 0.129 e. The van der Waals surface area contributed by atoms with Gasteiger partial charge in [0.2, 0.25) is 0 Å². The Bertz CT molecular complexity index is 449. The Balaban J connectivity index is 2.51. The van der Waals surface area contributed by atoms with Gasteiger partial charge in [0, 0.05) is 17.3 Å². The molecule has 0 aliphatic carbocycles. The highest BCUT2D eigenvalue weighted by molar-refractivity contribution is 5.47. The number of furan rings is 1. The van der Waals surface area contributed by atoms with Gasteiger partial charge in [0.25, 0.3) is 0 Å². The minimum atomic E-state index is -1.18. The summed E-state index contributed by atoms with van der Waals surface area (Å²) in [5.74, 6) is 0.323. The van der Waals surface area contributed by atoms with Crippen LogP contribution in [0, 0.1) is 0 Å². The van der Waals surface area contributed by atoms with Crippen LogP contribution in [0.2, 0.25) is 0 Å². The van der Waals surface area contributed by atoms with Crippen LogP contribution in [-0.2, 0) is 5.60 Å². The fourth-order valence-corrected chi connectivity index (χ4v) is 1.53. The average Bonchev–Trinajstić information content (AvgIpc) is 2.71. The Hall–Kier alpha value is -1.81. The normalized spacial score (nSPS) is 14.8. The fraction of sp³-hybridized carbons (Fsp3) is 0.182. The molecule has 1 unspecified atom stereocenters. The fourth-order valence-electron chi connectivity index (χ4n) is 1.53. The van der Waals surface area contributed by atoms with Gasteiger partial charge in [-0.2, -0.15) is 0 Å². The molecule has 0 radical (unpaired) electrons. The van der Waals surface area contributed by atoms with Gasteiger partial charge < -0.3 is 15.3 Å². The molecule has 1 atom stereocenters. The zero-order valence-corrected chi connectivity index (χ0v) is 8.34. The topological polar surface area (TPSA) is 72.3 Å². The highest BCUT2D eigenvalue weighted by Crippen LogP contribution is 2.31. The molecule has 0 bridgehead atoms. The van der Waals surface area contributed by atoms with Gasteiger partial charge in [0.15, 0.2) is 0 Å². The molecule has 0 aromatic carbocycles. The molecule has 2 rings (SSSR count). The number of hydrogen-bond donors (Lipinski definition) is 2. The molecule has 4 nitrogen and oxygen atoms in total. The van der Waals surface area contributed by atoms with Crippen LogP contribution < -0.4 is 5.73 Å². The molecule has 4 heteroatoms. The summed E-state index contributed by atoms with van der Waals surface area (Å²) >= 11 is 0. The Morgan fingerprint density at radius 3 is 2.87 bits per heavy atom. The van der Waals surface area contributed by atoms with Crippen LogP contribution in [0.5, 0.6) is 0 Å². The summed E-state index contributed by atoms with van der Waals surface area (Å²) in [6.07, 6.45) is 4.59. The zero-order chi connectivity index (χ0) is 10.9. The van der Waals surface area contributed by atoms with Crippen LogP contribution in [0.25, 0.3) is 0 Å². The van der Waals surface area contributed by atoms with Crippen molar-refractivity contribution in [3.63, 3.8) is 0 Å². The number of pyridine rings is 1. The van der Waals surface area contributed by atoms with Crippen molar-refractivity contribution in [2.45, 2.75) is 12.5 Å². The van der Waals surface area contributed by atoms with E-state index in [1.54, 1.807) is 31.3 Å². The monoisotopic (exact) mass is 204 g/mol. The van der Waals surface area contributed by atoms with E-state index in [2.05, 4.69) is 4.98 Å². The van der Waals surface area contributed by atoms with Crippen molar-refractivity contribution in [1.29, 1.82) is 0 Å². The van der Waals surface area contributed by atoms with E-state index in [9.17, 15) is 5.11 Å². The molecule has 78 valence electrons. The van der Waals surface area contributed by atoms with Gasteiger partial charge >= 0.3 is 0 Å². The lowest BCUT2D eigenvalue weighted by molar-refractivity contribution is 0.102. The number of aromatic nitrogens is 1. The average molecular weight is 204 g/mol. The van der Waals surface area contributed by atoms with Crippen molar-refractivity contribution >= 4 is 5.82 Å². The molecule has 0 aliphatic heterocycles. The van der Waals surface area contributed by atoms with E-state index in [1.807, 2.05) is 0 Å². The van der Waals surface area contributed by atoms with E-state index < -0.39 is 5.60 Å². The van der Waals surface area contributed by atoms with Crippen molar-refractivity contribution in [2.24, 2.45) is 0 Å². The van der Waals surface area contributed by atoms with E-state index in [0.717, 1.165) is 0 Å². The van der Waals surface area contributed by atoms with Crippen LogP contribution >= 0.6 is 0 Å². The number of hydrogen-bond acceptors (Lipinski definition) is 4. The van der Waals surface area contributed by atoms with Gasteiger partial charge in [-0.05, 0) is 19.1 Å². The molecular formula is C11H12N2O2. The quantitative estimate of drug-likeness (QED) is 0.777. The summed E-state index contributed by atoms with van der Waals surface area (Å²) in [4.78, 5) is 3.94. The minimum absolute atomic E-state index is 0.323.